The highest BCUT2D eigenvalue weighted by Crippen LogP contribution is 2.22. The van der Waals surface area contributed by atoms with Crippen LogP contribution in [0.2, 0.25) is 0 Å². The predicted molar refractivity (Wildman–Crippen MR) is 65.8 cm³/mol. The fraction of sp³-hybridized carbons (Fsp3) is 0.636. The van der Waals surface area contributed by atoms with E-state index in [0.717, 1.165) is 17.0 Å². The first-order valence-electron chi connectivity index (χ1n) is 5.54. The molecule has 0 fully saturated rings. The van der Waals surface area contributed by atoms with Gasteiger partial charge in [-0.2, -0.15) is 0 Å². The Morgan fingerprint density at radius 2 is 2.25 bits per heavy atom. The largest absolute Gasteiger partial charge is 0.396 e. The molecule has 1 amide bonds. The van der Waals surface area contributed by atoms with Gasteiger partial charge in [-0.3, -0.25) is 4.79 Å². The average Bonchev–Trinajstić information content (AvgIpc) is 2.59. The van der Waals surface area contributed by atoms with Gasteiger partial charge in [0, 0.05) is 17.9 Å². The molecule has 0 aliphatic rings. The number of aromatic nitrogens is 1. The number of unbranched alkanes of at least 4 members (excludes halogenated alkanes) is 1. The van der Waals surface area contributed by atoms with E-state index in [1.165, 1.54) is 11.3 Å². The lowest BCUT2D eigenvalue weighted by atomic mass is 10.2. The second kappa shape index (κ2) is 6.60. The second-order valence-electron chi connectivity index (χ2n) is 3.60. The van der Waals surface area contributed by atoms with Crippen molar-refractivity contribution in [1.82, 2.24) is 4.98 Å². The van der Waals surface area contributed by atoms with E-state index in [1.807, 2.05) is 6.92 Å². The first kappa shape index (κ1) is 13.1. The molecule has 0 saturated carbocycles. The number of aliphatic hydroxyl groups excluding tert-OH is 1. The molecule has 0 aliphatic carbocycles. The van der Waals surface area contributed by atoms with Crippen LogP contribution in [0.25, 0.3) is 0 Å². The van der Waals surface area contributed by atoms with Gasteiger partial charge in [0.15, 0.2) is 5.13 Å². The predicted octanol–water partition coefficient (Wildman–Crippen LogP) is 2.12. The molecule has 0 bridgehead atoms. The third-order valence-corrected chi connectivity index (χ3v) is 3.21. The van der Waals surface area contributed by atoms with E-state index in [2.05, 4.69) is 17.2 Å². The fourth-order valence-electron chi connectivity index (χ4n) is 1.39. The van der Waals surface area contributed by atoms with Crippen molar-refractivity contribution in [2.24, 2.45) is 0 Å². The minimum absolute atomic E-state index is 0.0233. The second-order valence-corrected chi connectivity index (χ2v) is 4.81. The first-order chi connectivity index (χ1) is 7.67. The molecule has 4 nitrogen and oxygen atoms in total. The van der Waals surface area contributed by atoms with Gasteiger partial charge >= 0.3 is 0 Å². The number of hydrogen-bond acceptors (Lipinski definition) is 4. The fourth-order valence-corrected chi connectivity index (χ4v) is 2.31. The zero-order valence-electron chi connectivity index (χ0n) is 9.75. The summed E-state index contributed by atoms with van der Waals surface area (Å²) in [6, 6.07) is 0. The van der Waals surface area contributed by atoms with Gasteiger partial charge in [0.1, 0.15) is 0 Å². The molecule has 1 heterocycles. The third kappa shape index (κ3) is 3.90. The van der Waals surface area contributed by atoms with Gasteiger partial charge in [-0.1, -0.05) is 6.92 Å². The molecule has 0 spiro atoms. The van der Waals surface area contributed by atoms with Crippen molar-refractivity contribution >= 4 is 22.4 Å². The Bertz CT molecular complexity index is 350. The summed E-state index contributed by atoms with van der Waals surface area (Å²) in [5.74, 6) is -0.0233. The van der Waals surface area contributed by atoms with Gasteiger partial charge in [-0.15, -0.1) is 11.3 Å². The number of rotatable bonds is 6. The summed E-state index contributed by atoms with van der Waals surface area (Å²) in [6.45, 7) is 4.20. The molecular formula is C11H18N2O2S. The van der Waals surface area contributed by atoms with Gasteiger partial charge in [0.05, 0.1) is 5.69 Å². The summed E-state index contributed by atoms with van der Waals surface area (Å²) >= 11 is 1.51. The minimum atomic E-state index is -0.0233. The highest BCUT2D eigenvalue weighted by Gasteiger charge is 2.08. The van der Waals surface area contributed by atoms with Gasteiger partial charge < -0.3 is 10.4 Å². The Kier molecular flexibility index (Phi) is 5.42. The summed E-state index contributed by atoms with van der Waals surface area (Å²) < 4.78 is 0. The number of nitrogens with zero attached hydrogens (tertiary/aromatic N) is 1. The van der Waals surface area contributed by atoms with E-state index in [0.29, 0.717) is 24.4 Å². The van der Waals surface area contributed by atoms with Crippen LogP contribution in [0.4, 0.5) is 5.13 Å². The number of anilines is 1. The maximum atomic E-state index is 11.5. The van der Waals surface area contributed by atoms with E-state index in [9.17, 15) is 4.79 Å². The topological polar surface area (TPSA) is 62.2 Å². The lowest BCUT2D eigenvalue weighted by Crippen LogP contribution is -2.11. The van der Waals surface area contributed by atoms with Gasteiger partial charge in [0.25, 0.3) is 0 Å². The lowest BCUT2D eigenvalue weighted by molar-refractivity contribution is -0.116. The maximum Gasteiger partial charge on any atom is 0.226 e. The monoisotopic (exact) mass is 242 g/mol. The molecule has 1 rings (SSSR count). The Morgan fingerprint density at radius 3 is 2.81 bits per heavy atom. The van der Waals surface area contributed by atoms with E-state index >= 15 is 0 Å². The van der Waals surface area contributed by atoms with E-state index < -0.39 is 0 Å². The molecule has 5 heteroatoms. The van der Waals surface area contributed by atoms with Crippen LogP contribution in [-0.2, 0) is 11.2 Å². The Hall–Kier alpha value is -0.940. The highest BCUT2D eigenvalue weighted by molar-refractivity contribution is 7.15. The van der Waals surface area contributed by atoms with Crippen molar-refractivity contribution in [3.63, 3.8) is 0 Å². The quantitative estimate of drug-likeness (QED) is 0.751. The van der Waals surface area contributed by atoms with Crippen molar-refractivity contribution in [2.75, 3.05) is 11.9 Å². The van der Waals surface area contributed by atoms with Crippen molar-refractivity contribution in [3.05, 3.63) is 10.6 Å². The summed E-state index contributed by atoms with van der Waals surface area (Å²) in [5, 5.41) is 12.1. The van der Waals surface area contributed by atoms with E-state index in [4.69, 9.17) is 5.11 Å². The zero-order valence-corrected chi connectivity index (χ0v) is 10.6. The molecule has 1 aromatic heterocycles. The van der Waals surface area contributed by atoms with Crippen LogP contribution in [0.1, 0.15) is 36.8 Å². The normalized spacial score (nSPS) is 10.4. The van der Waals surface area contributed by atoms with Crippen LogP contribution in [0.15, 0.2) is 0 Å². The third-order valence-electron chi connectivity index (χ3n) is 2.29. The Morgan fingerprint density at radius 1 is 1.50 bits per heavy atom. The number of carbonyl (C=O) groups is 1. The maximum absolute atomic E-state index is 11.5. The number of amides is 1. The molecule has 0 aliphatic heterocycles. The van der Waals surface area contributed by atoms with Crippen molar-refractivity contribution in [3.8, 4) is 0 Å². The molecule has 2 N–H and O–H groups in total. The SMILES string of the molecule is CCc1nc(NC(=O)CCCCO)sc1C. The van der Waals surface area contributed by atoms with Crippen LogP contribution < -0.4 is 5.32 Å². The Labute approximate surface area is 99.7 Å². The summed E-state index contributed by atoms with van der Waals surface area (Å²) in [4.78, 5) is 17.0. The van der Waals surface area contributed by atoms with Crippen LogP contribution in [0.5, 0.6) is 0 Å². The lowest BCUT2D eigenvalue weighted by Gasteiger charge is -2.00. The molecule has 16 heavy (non-hydrogen) atoms. The number of hydrogen-bond donors (Lipinski definition) is 2. The van der Waals surface area contributed by atoms with Crippen molar-refractivity contribution in [2.45, 2.75) is 39.5 Å². The molecule has 90 valence electrons. The summed E-state index contributed by atoms with van der Waals surface area (Å²) in [6.07, 6.45) is 2.72. The molecule has 0 atom stereocenters. The Balaban J connectivity index is 2.43. The van der Waals surface area contributed by atoms with Crippen LogP contribution in [0.3, 0.4) is 0 Å². The molecular weight excluding hydrogens is 224 g/mol. The molecule has 0 unspecified atom stereocenters. The number of carbonyl (C=O) groups excluding carboxylic acids is 1. The standard InChI is InChI=1S/C11H18N2O2S/c1-3-9-8(2)16-11(12-9)13-10(15)6-4-5-7-14/h14H,3-7H2,1-2H3,(H,12,13,15). The molecule has 0 saturated heterocycles. The molecule has 1 aromatic rings. The first-order valence-corrected chi connectivity index (χ1v) is 6.36. The van der Waals surface area contributed by atoms with Gasteiger partial charge in [-0.05, 0) is 26.2 Å². The molecule has 0 aromatic carbocycles. The number of nitrogens with one attached hydrogen (secondary N) is 1. The van der Waals surface area contributed by atoms with Gasteiger partial charge in [0.2, 0.25) is 5.91 Å². The zero-order chi connectivity index (χ0) is 12.0. The molecule has 0 radical (unpaired) electrons. The average molecular weight is 242 g/mol. The van der Waals surface area contributed by atoms with Crippen molar-refractivity contribution < 1.29 is 9.90 Å². The number of aryl methyl sites for hydroxylation is 2. The highest BCUT2D eigenvalue weighted by atomic mass is 32.1. The van der Waals surface area contributed by atoms with Crippen molar-refractivity contribution in [1.29, 1.82) is 0 Å². The van der Waals surface area contributed by atoms with Crippen LogP contribution in [-0.4, -0.2) is 22.6 Å². The minimum Gasteiger partial charge on any atom is -0.396 e. The summed E-state index contributed by atoms with van der Waals surface area (Å²) in [5.41, 5.74) is 1.05. The smallest absolute Gasteiger partial charge is 0.226 e. The van der Waals surface area contributed by atoms with Crippen LogP contribution >= 0.6 is 11.3 Å². The summed E-state index contributed by atoms with van der Waals surface area (Å²) in [7, 11) is 0. The van der Waals surface area contributed by atoms with E-state index in [-0.39, 0.29) is 12.5 Å². The van der Waals surface area contributed by atoms with E-state index in [1.54, 1.807) is 0 Å². The van der Waals surface area contributed by atoms with Crippen LogP contribution in [0, 0.1) is 6.92 Å². The van der Waals surface area contributed by atoms with Gasteiger partial charge in [-0.25, -0.2) is 4.98 Å². The number of aliphatic hydroxyl groups is 1. The number of thiazole rings is 1.